The molecule has 0 spiro atoms. The molecule has 3 rings (SSSR count). The molecular weight excluding hydrogens is 348 g/mol. The van der Waals surface area contributed by atoms with Crippen LogP contribution in [0.3, 0.4) is 0 Å². The molecule has 0 bridgehead atoms. The Hall–Kier alpha value is -2.62. The number of carbonyl (C=O) groups excluding carboxylic acids is 2. The first-order chi connectivity index (χ1) is 13.4. The highest BCUT2D eigenvalue weighted by Crippen LogP contribution is 2.32. The van der Waals surface area contributed by atoms with Crippen LogP contribution in [-0.2, 0) is 11.3 Å². The number of para-hydroxylation sites is 1. The summed E-state index contributed by atoms with van der Waals surface area (Å²) in [5.41, 5.74) is 4.84. The van der Waals surface area contributed by atoms with Gasteiger partial charge in [0.1, 0.15) is 0 Å². The van der Waals surface area contributed by atoms with Gasteiger partial charge >= 0.3 is 0 Å². The lowest BCUT2D eigenvalue weighted by Crippen LogP contribution is -2.24. The van der Waals surface area contributed by atoms with Gasteiger partial charge in [0.2, 0.25) is 5.91 Å². The van der Waals surface area contributed by atoms with Gasteiger partial charge in [0.15, 0.2) is 0 Å². The van der Waals surface area contributed by atoms with Crippen LogP contribution in [0.25, 0.3) is 0 Å². The second-order valence-corrected chi connectivity index (χ2v) is 8.19. The highest BCUT2D eigenvalue weighted by molar-refractivity contribution is 6.05. The second kappa shape index (κ2) is 8.59. The van der Waals surface area contributed by atoms with Crippen molar-refractivity contribution in [1.82, 2.24) is 4.90 Å². The van der Waals surface area contributed by atoms with Gasteiger partial charge < -0.3 is 10.2 Å². The Kier molecular flexibility index (Phi) is 6.18. The standard InChI is InChI=1S/C24H30N2O2/c1-16(2)20-10-6-11-21(17(3)4)23(20)25-24(28)19-9-5-8-18(14-19)15-26-13-7-12-22(26)27/h5-6,8-11,14,16-17H,7,12-13,15H2,1-4H3,(H,25,28). The number of rotatable bonds is 6. The van der Waals surface area contributed by atoms with Crippen molar-refractivity contribution in [1.29, 1.82) is 0 Å². The third-order valence-electron chi connectivity index (χ3n) is 5.35. The molecule has 0 aromatic heterocycles. The van der Waals surface area contributed by atoms with E-state index < -0.39 is 0 Å². The Bertz CT molecular complexity index is 844. The van der Waals surface area contributed by atoms with E-state index in [4.69, 9.17) is 0 Å². The van der Waals surface area contributed by atoms with Gasteiger partial charge in [-0.05, 0) is 47.1 Å². The molecule has 148 valence electrons. The molecule has 2 aromatic carbocycles. The first-order valence-corrected chi connectivity index (χ1v) is 10.2. The van der Waals surface area contributed by atoms with Gasteiger partial charge in [0.05, 0.1) is 0 Å². The lowest BCUT2D eigenvalue weighted by Gasteiger charge is -2.20. The summed E-state index contributed by atoms with van der Waals surface area (Å²) in [6.07, 6.45) is 1.55. The SMILES string of the molecule is CC(C)c1cccc(C(C)C)c1NC(=O)c1cccc(CN2CCCC2=O)c1. The normalized spacial score (nSPS) is 14.2. The number of hydrogen-bond acceptors (Lipinski definition) is 2. The van der Waals surface area contributed by atoms with Crippen molar-refractivity contribution in [2.45, 2.75) is 58.9 Å². The fourth-order valence-corrected chi connectivity index (χ4v) is 3.78. The monoisotopic (exact) mass is 378 g/mol. The molecule has 1 N–H and O–H groups in total. The highest BCUT2D eigenvalue weighted by atomic mass is 16.2. The number of nitrogens with one attached hydrogen (secondary N) is 1. The summed E-state index contributed by atoms with van der Waals surface area (Å²) in [6.45, 7) is 9.94. The third kappa shape index (κ3) is 4.44. The van der Waals surface area contributed by atoms with Crippen molar-refractivity contribution in [2.75, 3.05) is 11.9 Å². The lowest BCUT2D eigenvalue weighted by molar-refractivity contribution is -0.128. The van der Waals surface area contributed by atoms with E-state index in [0.29, 0.717) is 30.4 Å². The van der Waals surface area contributed by atoms with Crippen LogP contribution < -0.4 is 5.32 Å². The Labute approximate surface area is 167 Å². The summed E-state index contributed by atoms with van der Waals surface area (Å²) in [5.74, 6) is 0.731. The zero-order valence-electron chi connectivity index (χ0n) is 17.3. The van der Waals surface area contributed by atoms with Gasteiger partial charge in [0.25, 0.3) is 5.91 Å². The Balaban J connectivity index is 1.84. The molecule has 0 atom stereocenters. The summed E-state index contributed by atoms with van der Waals surface area (Å²) < 4.78 is 0. The van der Waals surface area contributed by atoms with E-state index in [-0.39, 0.29) is 11.8 Å². The van der Waals surface area contributed by atoms with Crippen molar-refractivity contribution in [3.8, 4) is 0 Å². The summed E-state index contributed by atoms with van der Waals surface area (Å²) >= 11 is 0. The quantitative estimate of drug-likeness (QED) is 0.741. The Morgan fingerprint density at radius 2 is 1.68 bits per heavy atom. The maximum absolute atomic E-state index is 13.0. The molecule has 1 saturated heterocycles. The minimum Gasteiger partial charge on any atom is -0.338 e. The van der Waals surface area contributed by atoms with Crippen LogP contribution in [0.5, 0.6) is 0 Å². The molecule has 0 aliphatic carbocycles. The number of benzene rings is 2. The third-order valence-corrected chi connectivity index (χ3v) is 5.35. The molecule has 2 aromatic rings. The van der Waals surface area contributed by atoms with Gasteiger partial charge in [-0.2, -0.15) is 0 Å². The molecular formula is C24H30N2O2. The van der Waals surface area contributed by atoms with Crippen molar-refractivity contribution >= 4 is 17.5 Å². The van der Waals surface area contributed by atoms with Crippen LogP contribution in [0, 0.1) is 0 Å². The summed E-state index contributed by atoms with van der Waals surface area (Å²) in [6, 6.07) is 13.8. The first kappa shape index (κ1) is 20.1. The molecule has 1 heterocycles. The van der Waals surface area contributed by atoms with Gasteiger partial charge in [-0.25, -0.2) is 0 Å². The average molecular weight is 379 g/mol. The molecule has 4 nitrogen and oxygen atoms in total. The first-order valence-electron chi connectivity index (χ1n) is 10.2. The minimum atomic E-state index is -0.107. The molecule has 4 heteroatoms. The van der Waals surface area contributed by atoms with Crippen LogP contribution >= 0.6 is 0 Å². The zero-order valence-corrected chi connectivity index (χ0v) is 17.3. The van der Waals surface area contributed by atoms with Gasteiger partial charge in [0, 0.05) is 30.8 Å². The van der Waals surface area contributed by atoms with Crippen molar-refractivity contribution < 1.29 is 9.59 Å². The molecule has 1 fully saturated rings. The zero-order chi connectivity index (χ0) is 20.3. The van der Waals surface area contributed by atoms with E-state index in [1.807, 2.05) is 29.2 Å². The molecule has 1 aliphatic heterocycles. The van der Waals surface area contributed by atoms with Crippen LogP contribution in [-0.4, -0.2) is 23.3 Å². The van der Waals surface area contributed by atoms with Crippen molar-refractivity contribution in [3.05, 3.63) is 64.7 Å². The van der Waals surface area contributed by atoms with Crippen molar-refractivity contribution in [3.63, 3.8) is 0 Å². The number of likely N-dealkylation sites (tertiary alicyclic amines) is 1. The van der Waals surface area contributed by atoms with Crippen LogP contribution in [0.2, 0.25) is 0 Å². The van der Waals surface area contributed by atoms with Crippen LogP contribution in [0.4, 0.5) is 5.69 Å². The van der Waals surface area contributed by atoms with Crippen molar-refractivity contribution in [2.24, 2.45) is 0 Å². The average Bonchev–Trinajstić information content (AvgIpc) is 3.06. The Morgan fingerprint density at radius 1 is 1.04 bits per heavy atom. The maximum atomic E-state index is 13.0. The molecule has 28 heavy (non-hydrogen) atoms. The largest absolute Gasteiger partial charge is 0.338 e. The van der Waals surface area contributed by atoms with E-state index in [1.54, 1.807) is 0 Å². The number of hydrogen-bond donors (Lipinski definition) is 1. The number of anilines is 1. The molecule has 2 amide bonds. The van der Waals surface area contributed by atoms with Crippen LogP contribution in [0.1, 0.15) is 79.4 Å². The molecule has 1 aliphatic rings. The van der Waals surface area contributed by atoms with E-state index in [9.17, 15) is 9.59 Å². The number of nitrogens with zero attached hydrogens (tertiary/aromatic N) is 1. The van der Waals surface area contributed by atoms with Gasteiger partial charge in [-0.3, -0.25) is 9.59 Å². The minimum absolute atomic E-state index is 0.107. The fourth-order valence-electron chi connectivity index (χ4n) is 3.78. The fraction of sp³-hybridized carbons (Fsp3) is 0.417. The maximum Gasteiger partial charge on any atom is 0.255 e. The Morgan fingerprint density at radius 3 is 2.25 bits per heavy atom. The predicted octanol–water partition coefficient (Wildman–Crippen LogP) is 5.31. The number of carbonyl (C=O) groups is 2. The lowest BCUT2D eigenvalue weighted by atomic mass is 9.92. The van der Waals surface area contributed by atoms with E-state index in [1.165, 1.54) is 0 Å². The number of amides is 2. The highest BCUT2D eigenvalue weighted by Gasteiger charge is 2.21. The molecule has 0 saturated carbocycles. The van der Waals surface area contributed by atoms with Crippen LogP contribution in [0.15, 0.2) is 42.5 Å². The summed E-state index contributed by atoms with van der Waals surface area (Å²) in [5, 5.41) is 3.17. The predicted molar refractivity (Wildman–Crippen MR) is 114 cm³/mol. The second-order valence-electron chi connectivity index (χ2n) is 8.19. The topological polar surface area (TPSA) is 49.4 Å². The van der Waals surface area contributed by atoms with E-state index in [2.05, 4.69) is 51.2 Å². The molecule has 0 radical (unpaired) electrons. The summed E-state index contributed by atoms with van der Waals surface area (Å²) in [4.78, 5) is 26.8. The van der Waals surface area contributed by atoms with Gasteiger partial charge in [-0.1, -0.05) is 58.0 Å². The van der Waals surface area contributed by atoms with E-state index in [0.717, 1.165) is 35.3 Å². The summed E-state index contributed by atoms with van der Waals surface area (Å²) in [7, 11) is 0. The van der Waals surface area contributed by atoms with Gasteiger partial charge in [-0.15, -0.1) is 0 Å². The van der Waals surface area contributed by atoms with E-state index >= 15 is 0 Å². The smallest absolute Gasteiger partial charge is 0.255 e. The molecule has 0 unspecified atom stereocenters.